The predicted octanol–water partition coefficient (Wildman–Crippen LogP) is 2.52. The lowest BCUT2D eigenvalue weighted by atomic mass is 9.98. The third-order valence-corrected chi connectivity index (χ3v) is 8.83. The molecule has 0 radical (unpaired) electrons. The van der Waals surface area contributed by atoms with E-state index in [1.54, 1.807) is 25.2 Å². The molecule has 0 saturated carbocycles. The lowest BCUT2D eigenvalue weighted by molar-refractivity contribution is -0.790. The summed E-state index contributed by atoms with van der Waals surface area (Å²) in [6.07, 6.45) is 1.08. The largest absolute Gasteiger partial charge is 0.493 e. The number of hydrogen-bond donors (Lipinski definition) is 1. The molecule has 2 atom stereocenters. The number of esters is 1. The summed E-state index contributed by atoms with van der Waals surface area (Å²) in [6.45, 7) is 4.83. The van der Waals surface area contributed by atoms with Gasteiger partial charge in [-0.1, -0.05) is 13.3 Å². The Balaban J connectivity index is 1.31. The molecule has 1 aromatic carbocycles. The van der Waals surface area contributed by atoms with Gasteiger partial charge in [-0.2, -0.15) is 5.10 Å². The zero-order valence-corrected chi connectivity index (χ0v) is 27.1. The summed E-state index contributed by atoms with van der Waals surface area (Å²) in [6, 6.07) is 5.17. The average Bonchev–Trinajstić information content (AvgIpc) is 3.32. The number of aromatic nitrogens is 4. The Hall–Kier alpha value is -4.65. The highest BCUT2D eigenvalue weighted by atomic mass is 32.2. The number of aryl methyl sites for hydroxylation is 2. The quantitative estimate of drug-likeness (QED) is 0.0833. The van der Waals surface area contributed by atoms with Gasteiger partial charge in [-0.15, -0.1) is 20.2 Å². The molecule has 3 heterocycles. The van der Waals surface area contributed by atoms with Gasteiger partial charge in [0.05, 0.1) is 29.4 Å². The standard InChI is InChI=1S/C28H37N7O11S/c1-4-7-22-25-26(32(3)31-22)28(37)30-27(29-25)21-14-20(10-11-23(21)43-5-2)47(42)33-15-18(16-33)8-6-13-44-24(36)12-9-19(46-35(40)41)17-45-34(38)39/h10-11,14,18-19H,4-9,12-13,15-17H2,1-3H3,(H,29,30,37). The number of nitrogens with one attached hydrogen (secondary N) is 1. The summed E-state index contributed by atoms with van der Waals surface area (Å²) in [5.74, 6) is 0.418. The van der Waals surface area contributed by atoms with Crippen molar-refractivity contribution in [2.24, 2.45) is 13.0 Å². The molecule has 1 aliphatic rings. The van der Waals surface area contributed by atoms with Gasteiger partial charge < -0.3 is 24.1 Å². The van der Waals surface area contributed by atoms with Crippen LogP contribution >= 0.6 is 0 Å². The van der Waals surface area contributed by atoms with Crippen LogP contribution in [0.4, 0.5) is 0 Å². The Labute approximate surface area is 271 Å². The van der Waals surface area contributed by atoms with Crippen molar-refractivity contribution in [3.05, 3.63) is 54.5 Å². The van der Waals surface area contributed by atoms with Crippen LogP contribution in [-0.2, 0) is 43.7 Å². The van der Waals surface area contributed by atoms with E-state index in [1.165, 1.54) is 4.68 Å². The number of benzene rings is 1. The number of rotatable bonds is 19. The maximum Gasteiger partial charge on any atom is 0.305 e. The van der Waals surface area contributed by atoms with Gasteiger partial charge in [0.25, 0.3) is 15.7 Å². The van der Waals surface area contributed by atoms with Crippen LogP contribution in [0.2, 0.25) is 0 Å². The van der Waals surface area contributed by atoms with Crippen molar-refractivity contribution in [3.8, 4) is 17.1 Å². The fourth-order valence-electron chi connectivity index (χ4n) is 5.19. The first kappa shape index (κ1) is 35.2. The highest BCUT2D eigenvalue weighted by Gasteiger charge is 2.32. The zero-order valence-electron chi connectivity index (χ0n) is 26.2. The van der Waals surface area contributed by atoms with E-state index in [0.29, 0.717) is 65.6 Å². The summed E-state index contributed by atoms with van der Waals surface area (Å²) in [4.78, 5) is 62.4. The van der Waals surface area contributed by atoms with E-state index in [0.717, 1.165) is 18.5 Å². The average molecular weight is 680 g/mol. The molecule has 1 saturated heterocycles. The van der Waals surface area contributed by atoms with Crippen molar-refractivity contribution < 1.29 is 38.3 Å². The Morgan fingerprint density at radius 3 is 2.66 bits per heavy atom. The Bertz CT molecular complexity index is 1670. The van der Waals surface area contributed by atoms with E-state index in [4.69, 9.17) is 14.5 Å². The number of fused-ring (bicyclic) bond motifs is 1. The Morgan fingerprint density at radius 2 is 1.98 bits per heavy atom. The van der Waals surface area contributed by atoms with Crippen molar-refractivity contribution in [2.75, 3.05) is 32.9 Å². The number of aromatic amines is 1. The third-order valence-electron chi connectivity index (χ3n) is 7.41. The Kier molecular flexibility index (Phi) is 12.2. The molecule has 0 aliphatic carbocycles. The second-order valence-corrected chi connectivity index (χ2v) is 12.3. The summed E-state index contributed by atoms with van der Waals surface area (Å²) in [5.41, 5.74) is 1.82. The summed E-state index contributed by atoms with van der Waals surface area (Å²) < 4.78 is 27.8. The van der Waals surface area contributed by atoms with Gasteiger partial charge in [0.15, 0.2) is 5.52 Å². The third kappa shape index (κ3) is 9.22. The van der Waals surface area contributed by atoms with E-state index in [9.17, 15) is 34.0 Å². The molecule has 256 valence electrons. The maximum absolute atomic E-state index is 13.5. The molecule has 4 rings (SSSR count). The smallest absolute Gasteiger partial charge is 0.305 e. The monoisotopic (exact) mass is 679 g/mol. The molecule has 47 heavy (non-hydrogen) atoms. The predicted molar refractivity (Wildman–Crippen MR) is 165 cm³/mol. The first-order chi connectivity index (χ1) is 22.5. The van der Waals surface area contributed by atoms with Crippen molar-refractivity contribution in [1.29, 1.82) is 0 Å². The van der Waals surface area contributed by atoms with Crippen LogP contribution < -0.4 is 10.3 Å². The van der Waals surface area contributed by atoms with Crippen molar-refractivity contribution in [2.45, 2.75) is 63.4 Å². The second kappa shape index (κ2) is 16.3. The minimum atomic E-state index is -1.48. The highest BCUT2D eigenvalue weighted by Crippen LogP contribution is 2.33. The fourth-order valence-corrected chi connectivity index (χ4v) is 6.59. The van der Waals surface area contributed by atoms with Crippen LogP contribution in [0.3, 0.4) is 0 Å². The van der Waals surface area contributed by atoms with Gasteiger partial charge in [0.2, 0.25) is 0 Å². The second-order valence-electron chi connectivity index (χ2n) is 10.9. The number of nitrogens with zero attached hydrogens (tertiary/aromatic N) is 6. The molecule has 0 amide bonds. The molecular weight excluding hydrogens is 642 g/mol. The van der Waals surface area contributed by atoms with Gasteiger partial charge in [-0.3, -0.25) is 14.3 Å². The minimum absolute atomic E-state index is 0.124. The summed E-state index contributed by atoms with van der Waals surface area (Å²) in [7, 11) is 0.225. The molecule has 2 unspecified atom stereocenters. The molecule has 1 aliphatic heterocycles. The molecule has 1 fully saturated rings. The van der Waals surface area contributed by atoms with Gasteiger partial charge in [0.1, 0.15) is 40.8 Å². The van der Waals surface area contributed by atoms with Crippen LogP contribution in [0.25, 0.3) is 22.4 Å². The maximum atomic E-state index is 13.5. The zero-order chi connectivity index (χ0) is 34.1. The van der Waals surface area contributed by atoms with Crippen molar-refractivity contribution in [1.82, 2.24) is 24.1 Å². The first-order valence-corrected chi connectivity index (χ1v) is 16.2. The topological polar surface area (TPSA) is 224 Å². The number of carbonyl (C=O) groups is 1. The lowest BCUT2D eigenvalue weighted by Crippen LogP contribution is -2.47. The SMILES string of the molecule is CCCc1nn(C)c2c(=O)[nH]c(-c3cc(S(=O)N4CC(CCCOC(=O)CCC(CO[N+](=O)[O-])O[N+](=O)[O-])C4)ccc3OCC)nc12. The van der Waals surface area contributed by atoms with Crippen LogP contribution in [0.5, 0.6) is 5.75 Å². The number of hydrogen-bond acceptors (Lipinski definition) is 13. The Morgan fingerprint density at radius 1 is 1.21 bits per heavy atom. The number of ether oxygens (including phenoxy) is 2. The van der Waals surface area contributed by atoms with Crippen molar-refractivity contribution >= 4 is 28.0 Å². The number of carbonyl (C=O) groups excluding carboxylic acids is 1. The molecule has 2 aromatic heterocycles. The van der Waals surface area contributed by atoms with Gasteiger partial charge in [-0.05, 0) is 56.7 Å². The minimum Gasteiger partial charge on any atom is -0.493 e. The van der Waals surface area contributed by atoms with E-state index >= 15 is 0 Å². The van der Waals surface area contributed by atoms with E-state index in [-0.39, 0.29) is 30.9 Å². The fraction of sp³-hybridized carbons (Fsp3) is 0.571. The molecule has 19 heteroatoms. The van der Waals surface area contributed by atoms with Crippen LogP contribution in [0.15, 0.2) is 27.9 Å². The van der Waals surface area contributed by atoms with Crippen LogP contribution in [-0.4, -0.2) is 83.4 Å². The summed E-state index contributed by atoms with van der Waals surface area (Å²) >= 11 is 0. The van der Waals surface area contributed by atoms with E-state index in [2.05, 4.69) is 19.8 Å². The summed E-state index contributed by atoms with van der Waals surface area (Å²) in [5, 5.41) is 23.1. The highest BCUT2D eigenvalue weighted by molar-refractivity contribution is 7.82. The molecule has 3 aromatic rings. The van der Waals surface area contributed by atoms with E-state index in [1.807, 2.05) is 18.2 Å². The molecular formula is C28H37N7O11S. The van der Waals surface area contributed by atoms with E-state index < -0.39 is 39.8 Å². The normalized spacial score (nSPS) is 14.7. The van der Waals surface area contributed by atoms with Crippen molar-refractivity contribution in [3.63, 3.8) is 0 Å². The van der Waals surface area contributed by atoms with Gasteiger partial charge >= 0.3 is 5.97 Å². The number of H-pyrrole nitrogens is 1. The first-order valence-electron chi connectivity index (χ1n) is 15.1. The molecule has 18 nitrogen and oxygen atoms in total. The molecule has 1 N–H and O–H groups in total. The van der Waals surface area contributed by atoms with Crippen LogP contribution in [0, 0.1) is 26.1 Å². The van der Waals surface area contributed by atoms with Crippen LogP contribution in [0.1, 0.15) is 51.6 Å². The molecule has 0 spiro atoms. The molecule has 0 bridgehead atoms. The van der Waals surface area contributed by atoms with Gasteiger partial charge in [-0.25, -0.2) is 13.5 Å². The van der Waals surface area contributed by atoms with Gasteiger partial charge in [0, 0.05) is 26.6 Å². The lowest BCUT2D eigenvalue weighted by Gasteiger charge is -2.38.